The maximum Gasteiger partial charge on any atom is 0.326 e. The van der Waals surface area contributed by atoms with Gasteiger partial charge in [0.2, 0.25) is 23.6 Å². The van der Waals surface area contributed by atoms with Crippen LogP contribution in [0.2, 0.25) is 0 Å². The first-order valence-electron chi connectivity index (χ1n) is 21.8. The van der Waals surface area contributed by atoms with E-state index in [4.69, 9.17) is 29.8 Å². The lowest BCUT2D eigenvalue weighted by molar-refractivity contribution is -0.143. The van der Waals surface area contributed by atoms with E-state index in [0.717, 1.165) is 44.9 Å². The quantitative estimate of drug-likeness (QED) is 0.0409. The molecule has 0 aliphatic carbocycles. The highest BCUT2D eigenvalue weighted by Gasteiger charge is 2.21. The highest BCUT2D eigenvalue weighted by molar-refractivity contribution is 5.85. The molecule has 0 aromatic rings. The molecule has 0 bridgehead atoms. The molecule has 0 unspecified atom stereocenters. The molecule has 0 spiro atoms. The maximum absolute atomic E-state index is 12.3. The molecule has 0 heterocycles. The largest absolute Gasteiger partial charge is 0.481 e. The van der Waals surface area contributed by atoms with Gasteiger partial charge < -0.3 is 61.3 Å². The van der Waals surface area contributed by atoms with Gasteiger partial charge in [-0.1, -0.05) is 77.0 Å². The number of unbranched alkanes of at least 4 members (excludes halogenated alkanes) is 14. The van der Waals surface area contributed by atoms with E-state index < -0.39 is 35.9 Å². The molecule has 9 N–H and O–H groups in total. The van der Waals surface area contributed by atoms with E-state index in [1.807, 2.05) is 0 Å². The first-order valence-corrected chi connectivity index (χ1v) is 21.8. The zero-order valence-corrected chi connectivity index (χ0v) is 35.7. The summed E-state index contributed by atoms with van der Waals surface area (Å²) in [6, 6.07) is -2.14. The van der Waals surface area contributed by atoms with Gasteiger partial charge in [0.05, 0.1) is 39.6 Å². The Kier molecular flexibility index (Phi) is 37.9. The molecule has 19 nitrogen and oxygen atoms in total. The van der Waals surface area contributed by atoms with Gasteiger partial charge in [0.25, 0.3) is 0 Å². The van der Waals surface area contributed by atoms with Gasteiger partial charge in [-0.25, -0.2) is 9.59 Å². The number of aliphatic carboxylic acids is 3. The number of ether oxygens (including phenoxy) is 4. The van der Waals surface area contributed by atoms with Crippen LogP contribution in [-0.4, -0.2) is 141 Å². The number of carboxylic acid groups (broad SMARTS) is 3. The molecule has 0 saturated carbocycles. The van der Waals surface area contributed by atoms with Crippen LogP contribution in [0.15, 0.2) is 0 Å². The van der Waals surface area contributed by atoms with Crippen LogP contribution < -0.4 is 27.0 Å². The number of amides is 4. The van der Waals surface area contributed by atoms with E-state index in [9.17, 15) is 43.8 Å². The Morgan fingerprint density at radius 2 is 0.833 bits per heavy atom. The predicted octanol–water partition coefficient (Wildman–Crippen LogP) is 2.66. The average molecular weight is 862 g/mol. The topological polar surface area (TPSA) is 291 Å². The minimum Gasteiger partial charge on any atom is -0.481 e. The van der Waals surface area contributed by atoms with Gasteiger partial charge in [-0.15, -0.1) is 0 Å². The van der Waals surface area contributed by atoms with Gasteiger partial charge >= 0.3 is 17.9 Å². The van der Waals surface area contributed by atoms with E-state index in [1.165, 1.54) is 38.5 Å². The fourth-order valence-corrected chi connectivity index (χ4v) is 5.90. The monoisotopic (exact) mass is 862 g/mol. The molecule has 0 aromatic carbocycles. The van der Waals surface area contributed by atoms with Crippen LogP contribution in [0, 0.1) is 0 Å². The average Bonchev–Trinajstić information content (AvgIpc) is 3.20. The van der Waals surface area contributed by atoms with Crippen molar-refractivity contribution >= 4 is 41.5 Å². The lowest BCUT2D eigenvalue weighted by atomic mass is 10.0. The molecular weight excluding hydrogens is 786 g/mol. The Bertz CT molecular complexity index is 1180. The summed E-state index contributed by atoms with van der Waals surface area (Å²) >= 11 is 0. The van der Waals surface area contributed by atoms with Crippen LogP contribution in [0.5, 0.6) is 0 Å². The molecule has 0 fully saturated rings. The standard InChI is InChI=1S/C41H75N5O14/c42-22-16-15-17-33(40(53)54)46-38(50)32-60-30-28-58-26-24-44-37(49)31-59-29-27-57-25-23-43-35(47)21-20-34(41(55)56)45-36(48)18-13-11-9-7-5-3-1-2-4-6-8-10-12-14-19-39(51)52/h33-34H,1-32,42H2,(H,43,47)(H,44,49)(H,45,48)(H,46,50)(H,51,52)(H,53,54)(H,55,56)/t33-,34-/m0/s1. The van der Waals surface area contributed by atoms with Crippen LogP contribution >= 0.6 is 0 Å². The van der Waals surface area contributed by atoms with E-state index in [1.54, 1.807) is 0 Å². The van der Waals surface area contributed by atoms with Gasteiger partial charge in [0.15, 0.2) is 0 Å². The third-order valence-corrected chi connectivity index (χ3v) is 9.27. The molecule has 0 rings (SSSR count). The molecule has 60 heavy (non-hydrogen) atoms. The number of hydrogen-bond donors (Lipinski definition) is 8. The van der Waals surface area contributed by atoms with Crippen LogP contribution in [-0.2, 0) is 52.5 Å². The number of hydrogen-bond acceptors (Lipinski definition) is 12. The Balaban J connectivity index is 3.71. The second-order valence-electron chi connectivity index (χ2n) is 14.6. The highest BCUT2D eigenvalue weighted by Crippen LogP contribution is 2.14. The summed E-state index contributed by atoms with van der Waals surface area (Å²) in [6.07, 6.45) is 16.9. The number of carbonyl (C=O) groups excluding carboxylic acids is 4. The van der Waals surface area contributed by atoms with Crippen LogP contribution in [0.1, 0.15) is 135 Å². The van der Waals surface area contributed by atoms with E-state index in [-0.39, 0.29) is 116 Å². The Labute approximate surface area is 355 Å². The lowest BCUT2D eigenvalue weighted by Gasteiger charge is -2.14. The number of carboxylic acids is 3. The van der Waals surface area contributed by atoms with Crippen molar-refractivity contribution in [1.82, 2.24) is 21.3 Å². The number of nitrogens with two attached hydrogens (primary N) is 1. The van der Waals surface area contributed by atoms with E-state index >= 15 is 0 Å². The molecule has 19 heteroatoms. The second kappa shape index (κ2) is 40.5. The third-order valence-electron chi connectivity index (χ3n) is 9.27. The van der Waals surface area contributed by atoms with Crippen molar-refractivity contribution in [2.45, 2.75) is 147 Å². The molecule has 4 amide bonds. The van der Waals surface area contributed by atoms with E-state index in [2.05, 4.69) is 21.3 Å². The zero-order valence-electron chi connectivity index (χ0n) is 35.7. The SMILES string of the molecule is NCCCC[C@H](NC(=O)COCCOCCNC(=O)COCCOCCNC(=O)CC[C@H](NC(=O)CCCCCCCCCCCCCCCCC(=O)O)C(=O)O)C(=O)O. The fraction of sp³-hybridized carbons (Fsp3) is 0.829. The van der Waals surface area contributed by atoms with Crippen molar-refractivity contribution in [3.8, 4) is 0 Å². The van der Waals surface area contributed by atoms with Gasteiger partial charge in [-0.2, -0.15) is 0 Å². The molecule has 0 aliphatic rings. The van der Waals surface area contributed by atoms with Gasteiger partial charge in [-0.3, -0.25) is 24.0 Å². The maximum atomic E-state index is 12.3. The van der Waals surface area contributed by atoms with Crippen molar-refractivity contribution in [3.63, 3.8) is 0 Å². The third kappa shape index (κ3) is 38.3. The molecule has 0 saturated heterocycles. The molecule has 2 atom stereocenters. The normalized spacial score (nSPS) is 12.0. The van der Waals surface area contributed by atoms with Crippen LogP contribution in [0.3, 0.4) is 0 Å². The van der Waals surface area contributed by atoms with Crippen molar-refractivity contribution in [2.24, 2.45) is 5.73 Å². The van der Waals surface area contributed by atoms with Gasteiger partial charge in [-0.05, 0) is 45.1 Å². The van der Waals surface area contributed by atoms with Crippen molar-refractivity contribution in [3.05, 3.63) is 0 Å². The summed E-state index contributed by atoms with van der Waals surface area (Å²) in [5.74, 6) is -4.62. The van der Waals surface area contributed by atoms with E-state index in [0.29, 0.717) is 25.8 Å². The Hall–Kier alpha value is -3.91. The summed E-state index contributed by atoms with van der Waals surface area (Å²) < 4.78 is 21.2. The molecule has 0 aliphatic heterocycles. The lowest BCUT2D eigenvalue weighted by Crippen LogP contribution is -2.42. The highest BCUT2D eigenvalue weighted by atomic mass is 16.5. The first kappa shape index (κ1) is 56.1. The molecular formula is C41H75N5O14. The van der Waals surface area contributed by atoms with Crippen LogP contribution in [0.4, 0.5) is 0 Å². The van der Waals surface area contributed by atoms with Gasteiger partial charge in [0.1, 0.15) is 25.3 Å². The molecule has 348 valence electrons. The zero-order chi connectivity index (χ0) is 44.5. The van der Waals surface area contributed by atoms with Crippen molar-refractivity contribution in [1.29, 1.82) is 0 Å². The minimum absolute atomic E-state index is 0.0359. The summed E-state index contributed by atoms with van der Waals surface area (Å²) in [5.41, 5.74) is 5.40. The van der Waals surface area contributed by atoms with Crippen LogP contribution in [0.25, 0.3) is 0 Å². The Morgan fingerprint density at radius 1 is 0.417 bits per heavy atom. The minimum atomic E-state index is -1.19. The number of carbonyl (C=O) groups is 7. The smallest absolute Gasteiger partial charge is 0.326 e. The fourth-order valence-electron chi connectivity index (χ4n) is 5.90. The van der Waals surface area contributed by atoms with Gasteiger partial charge in [0, 0.05) is 32.4 Å². The predicted molar refractivity (Wildman–Crippen MR) is 222 cm³/mol. The Morgan fingerprint density at radius 3 is 1.32 bits per heavy atom. The number of nitrogens with one attached hydrogen (secondary N) is 4. The summed E-state index contributed by atoms with van der Waals surface area (Å²) in [4.78, 5) is 81.7. The first-order chi connectivity index (χ1) is 29.0. The number of rotatable bonds is 44. The van der Waals surface area contributed by atoms with Crippen molar-refractivity contribution < 1.29 is 67.8 Å². The summed E-state index contributed by atoms with van der Waals surface area (Å²) in [7, 11) is 0. The molecule has 0 radical (unpaired) electrons. The van der Waals surface area contributed by atoms with Crippen molar-refractivity contribution in [2.75, 3.05) is 72.5 Å². The summed E-state index contributed by atoms with van der Waals surface area (Å²) in [6.45, 7) is 1.38. The summed E-state index contributed by atoms with van der Waals surface area (Å²) in [5, 5.41) is 37.5. The second-order valence-corrected chi connectivity index (χ2v) is 14.6. The molecule has 0 aromatic heterocycles.